The Morgan fingerprint density at radius 2 is 1.93 bits per heavy atom. The van der Waals surface area contributed by atoms with Crippen molar-refractivity contribution < 1.29 is 14.3 Å². The molecule has 1 aromatic carbocycles. The predicted molar refractivity (Wildman–Crippen MR) is 59.4 cm³/mol. The molecular formula is C12H14O3. The van der Waals surface area contributed by atoms with Crippen LogP contribution in [0, 0.1) is 6.92 Å². The average molecular weight is 206 g/mol. The van der Waals surface area contributed by atoms with Crippen molar-refractivity contribution >= 4 is 12.4 Å². The second-order valence-corrected chi connectivity index (χ2v) is 3.07. The van der Waals surface area contributed by atoms with Gasteiger partial charge in [0.05, 0.1) is 14.2 Å². The highest BCUT2D eigenvalue weighted by atomic mass is 16.5. The first kappa shape index (κ1) is 11.3. The van der Waals surface area contributed by atoms with Crippen LogP contribution in [0.25, 0.3) is 6.08 Å². The molecule has 0 fully saturated rings. The lowest BCUT2D eigenvalue weighted by Crippen LogP contribution is -1.93. The summed E-state index contributed by atoms with van der Waals surface area (Å²) in [4.78, 5) is 10.2. The maximum Gasteiger partial charge on any atom is 0.163 e. The number of ether oxygens (including phenoxy) is 2. The number of benzene rings is 1. The highest BCUT2D eigenvalue weighted by Crippen LogP contribution is 2.32. The summed E-state index contributed by atoms with van der Waals surface area (Å²) in [5.74, 6) is 1.39. The second kappa shape index (κ2) is 5.20. The Balaban J connectivity index is 3.18. The highest BCUT2D eigenvalue weighted by molar-refractivity contribution is 5.74. The van der Waals surface area contributed by atoms with Crippen LogP contribution in [0.2, 0.25) is 0 Å². The average Bonchev–Trinajstić information content (AvgIpc) is 2.25. The molecule has 0 aliphatic rings. The summed E-state index contributed by atoms with van der Waals surface area (Å²) in [7, 11) is 3.19. The third-order valence-corrected chi connectivity index (χ3v) is 2.05. The minimum absolute atomic E-state index is 0.669. The molecule has 1 aromatic rings. The van der Waals surface area contributed by atoms with Gasteiger partial charge in [0.15, 0.2) is 11.5 Å². The summed E-state index contributed by atoms with van der Waals surface area (Å²) in [5.41, 5.74) is 1.89. The quantitative estimate of drug-likeness (QED) is 0.559. The van der Waals surface area contributed by atoms with Crippen molar-refractivity contribution in [3.8, 4) is 11.5 Å². The molecule has 0 atom stereocenters. The smallest absolute Gasteiger partial charge is 0.163 e. The van der Waals surface area contributed by atoms with Crippen LogP contribution < -0.4 is 9.47 Å². The van der Waals surface area contributed by atoms with Crippen LogP contribution in [0.15, 0.2) is 18.2 Å². The maximum atomic E-state index is 10.2. The molecule has 3 heteroatoms. The van der Waals surface area contributed by atoms with E-state index in [1.54, 1.807) is 20.3 Å². The molecule has 0 saturated carbocycles. The van der Waals surface area contributed by atoms with E-state index in [1.807, 2.05) is 19.1 Å². The Morgan fingerprint density at radius 1 is 1.20 bits per heavy atom. The topological polar surface area (TPSA) is 35.5 Å². The van der Waals surface area contributed by atoms with Gasteiger partial charge in [-0.1, -0.05) is 6.08 Å². The van der Waals surface area contributed by atoms with Crippen molar-refractivity contribution in [3.63, 3.8) is 0 Å². The van der Waals surface area contributed by atoms with Crippen molar-refractivity contribution in [1.82, 2.24) is 0 Å². The minimum atomic E-state index is 0.669. The number of methoxy groups -OCH3 is 2. The van der Waals surface area contributed by atoms with Crippen LogP contribution in [0.4, 0.5) is 0 Å². The molecule has 0 bridgehead atoms. The monoisotopic (exact) mass is 206 g/mol. The van der Waals surface area contributed by atoms with E-state index in [2.05, 4.69) is 0 Å². The van der Waals surface area contributed by atoms with Crippen molar-refractivity contribution in [2.45, 2.75) is 6.92 Å². The van der Waals surface area contributed by atoms with Crippen LogP contribution in [-0.4, -0.2) is 20.5 Å². The lowest BCUT2D eigenvalue weighted by molar-refractivity contribution is -0.104. The van der Waals surface area contributed by atoms with Gasteiger partial charge < -0.3 is 9.47 Å². The van der Waals surface area contributed by atoms with Crippen molar-refractivity contribution in [2.24, 2.45) is 0 Å². The third-order valence-electron chi connectivity index (χ3n) is 2.05. The van der Waals surface area contributed by atoms with E-state index in [0.717, 1.165) is 23.2 Å². The van der Waals surface area contributed by atoms with Gasteiger partial charge in [0, 0.05) is 0 Å². The van der Waals surface area contributed by atoms with Gasteiger partial charge in [-0.2, -0.15) is 0 Å². The molecule has 0 heterocycles. The highest BCUT2D eigenvalue weighted by Gasteiger charge is 2.07. The molecular weight excluding hydrogens is 192 g/mol. The minimum Gasteiger partial charge on any atom is -0.493 e. The first-order valence-electron chi connectivity index (χ1n) is 4.57. The van der Waals surface area contributed by atoms with Crippen LogP contribution in [-0.2, 0) is 4.79 Å². The number of allylic oxidation sites excluding steroid dienone is 1. The van der Waals surface area contributed by atoms with Gasteiger partial charge >= 0.3 is 0 Å². The number of aryl methyl sites for hydroxylation is 1. The Kier molecular flexibility index (Phi) is 3.92. The van der Waals surface area contributed by atoms with E-state index in [-0.39, 0.29) is 0 Å². The number of rotatable bonds is 4. The Labute approximate surface area is 89.3 Å². The fourth-order valence-electron chi connectivity index (χ4n) is 1.43. The van der Waals surface area contributed by atoms with E-state index >= 15 is 0 Å². The molecule has 3 nitrogen and oxygen atoms in total. The SMILES string of the molecule is COc1cc(/C=C/C=O)cc(C)c1OC. The molecule has 1 rings (SSSR count). The zero-order chi connectivity index (χ0) is 11.3. The normalized spacial score (nSPS) is 10.3. The van der Waals surface area contributed by atoms with Gasteiger partial charge in [0.2, 0.25) is 0 Å². The summed E-state index contributed by atoms with van der Waals surface area (Å²) in [6.45, 7) is 1.93. The van der Waals surface area contributed by atoms with E-state index in [4.69, 9.17) is 9.47 Å². The largest absolute Gasteiger partial charge is 0.493 e. The zero-order valence-corrected chi connectivity index (χ0v) is 9.11. The number of aldehydes is 1. The molecule has 0 aliphatic carbocycles. The molecule has 15 heavy (non-hydrogen) atoms. The lowest BCUT2D eigenvalue weighted by Gasteiger charge is -2.11. The molecule has 0 spiro atoms. The lowest BCUT2D eigenvalue weighted by atomic mass is 10.1. The summed E-state index contributed by atoms with van der Waals surface area (Å²) in [5, 5.41) is 0. The van der Waals surface area contributed by atoms with E-state index in [9.17, 15) is 4.79 Å². The maximum absolute atomic E-state index is 10.2. The van der Waals surface area contributed by atoms with E-state index in [1.165, 1.54) is 6.08 Å². The van der Waals surface area contributed by atoms with Crippen LogP contribution in [0.5, 0.6) is 11.5 Å². The standard InChI is InChI=1S/C12H14O3/c1-9-7-10(5-4-6-13)8-11(14-2)12(9)15-3/h4-8H,1-3H3/b5-4+. The zero-order valence-electron chi connectivity index (χ0n) is 9.11. The number of carbonyl (C=O) groups excluding carboxylic acids is 1. The number of carbonyl (C=O) groups is 1. The molecule has 0 aromatic heterocycles. The fourth-order valence-corrected chi connectivity index (χ4v) is 1.43. The predicted octanol–water partition coefficient (Wildman–Crippen LogP) is 2.22. The van der Waals surface area contributed by atoms with Crippen molar-refractivity contribution in [2.75, 3.05) is 14.2 Å². The van der Waals surface area contributed by atoms with E-state index < -0.39 is 0 Å². The Hall–Kier alpha value is -1.77. The fraction of sp³-hybridized carbons (Fsp3) is 0.250. The van der Waals surface area contributed by atoms with Gasteiger partial charge in [-0.05, 0) is 36.3 Å². The van der Waals surface area contributed by atoms with Gasteiger partial charge in [0.25, 0.3) is 0 Å². The molecule has 80 valence electrons. The Bertz CT molecular complexity index is 381. The summed E-state index contributed by atoms with van der Waals surface area (Å²) in [6.07, 6.45) is 3.91. The first-order chi connectivity index (χ1) is 7.22. The molecule has 0 amide bonds. The van der Waals surface area contributed by atoms with E-state index in [0.29, 0.717) is 5.75 Å². The molecule has 0 aliphatic heterocycles. The summed E-state index contributed by atoms with van der Waals surface area (Å²) < 4.78 is 10.4. The second-order valence-electron chi connectivity index (χ2n) is 3.07. The first-order valence-corrected chi connectivity index (χ1v) is 4.57. The number of hydrogen-bond acceptors (Lipinski definition) is 3. The summed E-state index contributed by atoms with van der Waals surface area (Å²) >= 11 is 0. The van der Waals surface area contributed by atoms with Crippen molar-refractivity contribution in [1.29, 1.82) is 0 Å². The van der Waals surface area contributed by atoms with Gasteiger partial charge in [-0.25, -0.2) is 0 Å². The van der Waals surface area contributed by atoms with Crippen LogP contribution in [0.3, 0.4) is 0 Å². The third kappa shape index (κ3) is 2.59. The van der Waals surface area contributed by atoms with Gasteiger partial charge in [0.1, 0.15) is 6.29 Å². The molecule has 0 N–H and O–H groups in total. The molecule has 0 radical (unpaired) electrons. The van der Waals surface area contributed by atoms with Gasteiger partial charge in [-0.15, -0.1) is 0 Å². The summed E-state index contributed by atoms with van der Waals surface area (Å²) in [6, 6.07) is 3.76. The molecule has 0 unspecified atom stereocenters. The Morgan fingerprint density at radius 3 is 2.47 bits per heavy atom. The van der Waals surface area contributed by atoms with Crippen LogP contribution in [0.1, 0.15) is 11.1 Å². The number of hydrogen-bond donors (Lipinski definition) is 0. The van der Waals surface area contributed by atoms with Gasteiger partial charge in [-0.3, -0.25) is 4.79 Å². The molecule has 0 saturated heterocycles. The van der Waals surface area contributed by atoms with Crippen molar-refractivity contribution in [3.05, 3.63) is 29.3 Å². The van der Waals surface area contributed by atoms with Crippen LogP contribution >= 0.6 is 0 Å².